The number of hydrogen-bond acceptors (Lipinski definition) is 5. The molecule has 0 radical (unpaired) electrons. The van der Waals surface area contributed by atoms with E-state index in [2.05, 4.69) is 31.0 Å². The van der Waals surface area contributed by atoms with Crippen molar-refractivity contribution in [1.82, 2.24) is 19.7 Å². The summed E-state index contributed by atoms with van der Waals surface area (Å²) in [5.74, 6) is 0.979. The predicted octanol–water partition coefficient (Wildman–Crippen LogP) is 2.42. The van der Waals surface area contributed by atoms with Gasteiger partial charge in [0, 0.05) is 11.5 Å². The van der Waals surface area contributed by atoms with Gasteiger partial charge in [-0.1, -0.05) is 28.1 Å². The number of anilines is 1. The molecule has 2 N–H and O–H groups in total. The zero-order chi connectivity index (χ0) is 14.8. The van der Waals surface area contributed by atoms with Gasteiger partial charge in [-0.05, 0) is 17.7 Å². The lowest BCUT2D eigenvalue weighted by Gasteiger charge is -2.05. The van der Waals surface area contributed by atoms with Crippen LogP contribution >= 0.6 is 15.9 Å². The van der Waals surface area contributed by atoms with E-state index in [1.165, 1.54) is 0 Å². The minimum Gasteiger partial charge on any atom is -0.383 e. The Bertz CT molecular complexity index is 786. The van der Waals surface area contributed by atoms with Gasteiger partial charge in [-0.15, -0.1) is 0 Å². The van der Waals surface area contributed by atoms with Crippen molar-refractivity contribution in [2.45, 2.75) is 13.2 Å². The topological polar surface area (TPSA) is 78.9 Å². The molecule has 0 saturated heterocycles. The molecule has 0 atom stereocenters. The van der Waals surface area contributed by atoms with Crippen molar-refractivity contribution in [3.63, 3.8) is 0 Å². The first-order valence-corrected chi connectivity index (χ1v) is 7.19. The largest absolute Gasteiger partial charge is 0.383 e. The van der Waals surface area contributed by atoms with Gasteiger partial charge in [0.05, 0.1) is 18.2 Å². The molecular formula is C14H14BrN5O. The van der Waals surface area contributed by atoms with Crippen LogP contribution in [-0.4, -0.2) is 19.7 Å². The summed E-state index contributed by atoms with van der Waals surface area (Å²) in [6.07, 6.45) is 1.66. The second kappa shape index (κ2) is 5.79. The van der Waals surface area contributed by atoms with E-state index in [1.54, 1.807) is 10.9 Å². The minimum atomic E-state index is 0.303. The molecule has 0 unspecified atom stereocenters. The number of rotatable bonds is 4. The standard InChI is InChI=1S/C14H14BrN5O/c1-20-14-11(6-17-20)13(16)18-12(19-14)8-21-7-9-3-2-4-10(15)5-9/h2-6H,7-8H2,1H3,(H2,16,18,19). The van der Waals surface area contributed by atoms with Gasteiger partial charge in [0.1, 0.15) is 12.4 Å². The third-order valence-electron chi connectivity index (χ3n) is 3.06. The minimum absolute atomic E-state index is 0.303. The molecule has 3 rings (SSSR count). The van der Waals surface area contributed by atoms with Gasteiger partial charge in [0.15, 0.2) is 11.5 Å². The highest BCUT2D eigenvalue weighted by Gasteiger charge is 2.09. The van der Waals surface area contributed by atoms with Crippen LogP contribution in [-0.2, 0) is 25.0 Å². The first-order chi connectivity index (χ1) is 10.1. The molecule has 0 amide bonds. The van der Waals surface area contributed by atoms with Crippen molar-refractivity contribution in [2.24, 2.45) is 7.05 Å². The summed E-state index contributed by atoms with van der Waals surface area (Å²) in [7, 11) is 1.82. The molecule has 0 spiro atoms. The second-order valence-corrected chi connectivity index (χ2v) is 5.57. The Morgan fingerprint density at radius 3 is 2.95 bits per heavy atom. The monoisotopic (exact) mass is 347 g/mol. The van der Waals surface area contributed by atoms with Gasteiger partial charge >= 0.3 is 0 Å². The van der Waals surface area contributed by atoms with E-state index in [-0.39, 0.29) is 0 Å². The van der Waals surface area contributed by atoms with E-state index < -0.39 is 0 Å². The first kappa shape index (κ1) is 14.0. The molecule has 0 saturated carbocycles. The normalized spacial score (nSPS) is 11.1. The maximum Gasteiger partial charge on any atom is 0.163 e. The number of nitrogens with zero attached hydrogens (tertiary/aromatic N) is 4. The number of halogens is 1. The summed E-state index contributed by atoms with van der Waals surface area (Å²) in [4.78, 5) is 8.66. The first-order valence-electron chi connectivity index (χ1n) is 6.40. The molecule has 7 heteroatoms. The SMILES string of the molecule is Cn1ncc2c(N)nc(COCc3cccc(Br)c3)nc21. The summed E-state index contributed by atoms with van der Waals surface area (Å²) in [6, 6.07) is 7.96. The van der Waals surface area contributed by atoms with Crippen molar-refractivity contribution < 1.29 is 4.74 Å². The third-order valence-corrected chi connectivity index (χ3v) is 3.55. The van der Waals surface area contributed by atoms with E-state index in [0.717, 1.165) is 15.4 Å². The molecule has 0 fully saturated rings. The molecule has 0 bridgehead atoms. The Morgan fingerprint density at radius 2 is 2.14 bits per heavy atom. The lowest BCUT2D eigenvalue weighted by molar-refractivity contribution is 0.102. The van der Waals surface area contributed by atoms with Crippen LogP contribution in [0.4, 0.5) is 5.82 Å². The maximum atomic E-state index is 5.91. The van der Waals surface area contributed by atoms with E-state index in [9.17, 15) is 0 Å². The fourth-order valence-corrected chi connectivity index (χ4v) is 2.49. The summed E-state index contributed by atoms with van der Waals surface area (Å²) in [6.45, 7) is 0.796. The quantitative estimate of drug-likeness (QED) is 0.783. The van der Waals surface area contributed by atoms with Gasteiger partial charge < -0.3 is 10.5 Å². The lowest BCUT2D eigenvalue weighted by Crippen LogP contribution is -2.04. The summed E-state index contributed by atoms with van der Waals surface area (Å²) in [5, 5.41) is 4.88. The number of fused-ring (bicyclic) bond motifs is 1. The van der Waals surface area contributed by atoms with Crippen molar-refractivity contribution in [3.05, 3.63) is 46.3 Å². The zero-order valence-electron chi connectivity index (χ0n) is 11.5. The van der Waals surface area contributed by atoms with Crippen LogP contribution in [0.1, 0.15) is 11.4 Å². The Labute approximate surface area is 130 Å². The van der Waals surface area contributed by atoms with E-state index in [0.29, 0.717) is 30.5 Å². The highest BCUT2D eigenvalue weighted by atomic mass is 79.9. The molecule has 3 aromatic rings. The van der Waals surface area contributed by atoms with Gasteiger partial charge in [-0.3, -0.25) is 4.68 Å². The smallest absolute Gasteiger partial charge is 0.163 e. The number of aryl methyl sites for hydroxylation is 1. The third kappa shape index (κ3) is 3.03. The van der Waals surface area contributed by atoms with Crippen LogP contribution in [0.2, 0.25) is 0 Å². The van der Waals surface area contributed by atoms with Crippen molar-refractivity contribution >= 4 is 32.8 Å². The molecular weight excluding hydrogens is 334 g/mol. The number of nitrogens with two attached hydrogens (primary N) is 1. The second-order valence-electron chi connectivity index (χ2n) is 4.65. The predicted molar refractivity (Wildman–Crippen MR) is 83.4 cm³/mol. The van der Waals surface area contributed by atoms with E-state index in [4.69, 9.17) is 10.5 Å². The summed E-state index contributed by atoms with van der Waals surface area (Å²) in [5.41, 5.74) is 7.70. The van der Waals surface area contributed by atoms with Gasteiger partial charge in [0.25, 0.3) is 0 Å². The Morgan fingerprint density at radius 1 is 1.29 bits per heavy atom. The highest BCUT2D eigenvalue weighted by molar-refractivity contribution is 9.10. The molecule has 0 aliphatic carbocycles. The number of hydrogen-bond donors (Lipinski definition) is 1. The van der Waals surface area contributed by atoms with Crippen molar-refractivity contribution in [3.8, 4) is 0 Å². The molecule has 2 heterocycles. The van der Waals surface area contributed by atoms with Gasteiger partial charge in [-0.25, -0.2) is 9.97 Å². The Kier molecular flexibility index (Phi) is 3.85. The molecule has 2 aromatic heterocycles. The number of aromatic nitrogens is 4. The Balaban J connectivity index is 1.72. The lowest BCUT2D eigenvalue weighted by atomic mass is 10.2. The van der Waals surface area contributed by atoms with Crippen LogP contribution in [0.25, 0.3) is 11.0 Å². The Hall–Kier alpha value is -1.99. The number of ether oxygens (including phenoxy) is 1. The van der Waals surface area contributed by atoms with Crippen LogP contribution in [0.3, 0.4) is 0 Å². The molecule has 0 aliphatic rings. The molecule has 6 nitrogen and oxygen atoms in total. The zero-order valence-corrected chi connectivity index (χ0v) is 13.0. The van der Waals surface area contributed by atoms with E-state index >= 15 is 0 Å². The van der Waals surface area contributed by atoms with Crippen LogP contribution in [0.15, 0.2) is 34.9 Å². The van der Waals surface area contributed by atoms with Crippen molar-refractivity contribution in [1.29, 1.82) is 0 Å². The van der Waals surface area contributed by atoms with Gasteiger partial charge in [0.2, 0.25) is 0 Å². The maximum absolute atomic E-state index is 5.91. The van der Waals surface area contributed by atoms with Crippen LogP contribution in [0, 0.1) is 0 Å². The van der Waals surface area contributed by atoms with E-state index in [1.807, 2.05) is 31.3 Å². The molecule has 0 aliphatic heterocycles. The highest BCUT2D eigenvalue weighted by Crippen LogP contribution is 2.17. The van der Waals surface area contributed by atoms with Crippen LogP contribution < -0.4 is 5.73 Å². The summed E-state index contributed by atoms with van der Waals surface area (Å²) >= 11 is 3.43. The van der Waals surface area contributed by atoms with Gasteiger partial charge in [-0.2, -0.15) is 5.10 Å². The molecule has 108 valence electrons. The fraction of sp³-hybridized carbons (Fsp3) is 0.214. The number of nitrogen functional groups attached to an aromatic ring is 1. The summed E-state index contributed by atoms with van der Waals surface area (Å²) < 4.78 is 8.35. The molecule has 1 aromatic carbocycles. The number of benzene rings is 1. The fourth-order valence-electron chi connectivity index (χ4n) is 2.04. The molecule has 21 heavy (non-hydrogen) atoms. The average Bonchev–Trinajstić information content (AvgIpc) is 2.81. The van der Waals surface area contributed by atoms with Crippen LogP contribution in [0.5, 0.6) is 0 Å². The average molecular weight is 348 g/mol. The van der Waals surface area contributed by atoms with Crippen molar-refractivity contribution in [2.75, 3.05) is 5.73 Å².